The van der Waals surface area contributed by atoms with E-state index in [4.69, 9.17) is 28.4 Å². The minimum Gasteiger partial charge on any atom is -0.432 e. The molecule has 0 aromatic heterocycles. The zero-order valence-electron chi connectivity index (χ0n) is 57.2. The summed E-state index contributed by atoms with van der Waals surface area (Å²) in [5.41, 5.74) is -5.49. The molecule has 1 unspecified atom stereocenters. The highest BCUT2D eigenvalue weighted by molar-refractivity contribution is 5.79. The minimum absolute atomic E-state index is 0.0425. The zero-order chi connectivity index (χ0) is 67.9. The lowest BCUT2D eigenvalue weighted by Crippen LogP contribution is -2.71. The smallest absolute Gasteiger partial charge is 0.315 e. The number of rotatable bonds is 11. The van der Waals surface area contributed by atoms with Gasteiger partial charge in [0.05, 0.1) is 67.8 Å². The molecule has 0 aromatic carbocycles. The predicted octanol–water partition coefficient (Wildman–Crippen LogP) is 4.61. The van der Waals surface area contributed by atoms with Crippen LogP contribution in [-0.2, 0) is 38.0 Å². The molecule has 12 rings (SSSR count). The fourth-order valence-electron chi connectivity index (χ4n) is 24.1. The van der Waals surface area contributed by atoms with Crippen LogP contribution in [0, 0.1) is 94.6 Å². The van der Waals surface area contributed by atoms with E-state index in [9.17, 15) is 71.2 Å². The fourth-order valence-corrected chi connectivity index (χ4v) is 24.1. The van der Waals surface area contributed by atoms with Crippen molar-refractivity contribution in [1.82, 2.24) is 0 Å². The van der Waals surface area contributed by atoms with Gasteiger partial charge in [0, 0.05) is 22.2 Å². The Morgan fingerprint density at radius 2 is 1.09 bits per heavy atom. The molecule has 3 saturated heterocycles. The van der Waals surface area contributed by atoms with E-state index in [1.54, 1.807) is 0 Å². The molecule has 12 aliphatic rings. The van der Waals surface area contributed by atoms with Crippen molar-refractivity contribution in [3.8, 4) is 0 Å². The van der Waals surface area contributed by atoms with E-state index in [0.717, 1.165) is 36.8 Å². The van der Waals surface area contributed by atoms with Crippen LogP contribution in [0.15, 0.2) is 23.3 Å². The monoisotopic (exact) mass is 1310 g/mol. The number of carbonyl (C=O) groups excluding carboxylic acids is 2. The van der Waals surface area contributed by atoms with E-state index in [1.807, 2.05) is 20.8 Å². The molecule has 9 aliphatic carbocycles. The maximum absolute atomic E-state index is 15.4. The lowest BCUT2D eigenvalue weighted by atomic mass is 9.33. The summed E-state index contributed by atoms with van der Waals surface area (Å²) >= 11 is 0. The molecule has 93 heavy (non-hydrogen) atoms. The normalized spacial score (nSPS) is 54.9. The second kappa shape index (κ2) is 23.4. The summed E-state index contributed by atoms with van der Waals surface area (Å²) in [4.78, 5) is 30.3. The van der Waals surface area contributed by atoms with Crippen molar-refractivity contribution >= 4 is 11.9 Å². The number of aliphatic hydroxyl groups is 13. The Morgan fingerprint density at radius 3 is 1.68 bits per heavy atom. The van der Waals surface area contributed by atoms with Gasteiger partial charge in [0.25, 0.3) is 0 Å². The van der Waals surface area contributed by atoms with Crippen LogP contribution in [-0.4, -0.2) is 203 Å². The van der Waals surface area contributed by atoms with Crippen LogP contribution < -0.4 is 0 Å². The number of carbonyl (C=O) groups is 2. The summed E-state index contributed by atoms with van der Waals surface area (Å²) < 4.78 is 37.9. The molecule has 21 nitrogen and oxygen atoms in total. The number of aliphatic hydroxyl groups excluding tert-OH is 13. The highest BCUT2D eigenvalue weighted by Crippen LogP contribution is 2.78. The Morgan fingerprint density at radius 1 is 0.559 bits per heavy atom. The molecular formula is C72H114O21. The number of fused-ring (bicyclic) bond motifs is 14. The third kappa shape index (κ3) is 9.93. The van der Waals surface area contributed by atoms with Crippen molar-refractivity contribution in [2.75, 3.05) is 26.4 Å². The van der Waals surface area contributed by atoms with Gasteiger partial charge in [-0.15, -0.1) is 0 Å². The molecule has 7 saturated carbocycles. The molecule has 0 bridgehead atoms. The van der Waals surface area contributed by atoms with Gasteiger partial charge in [0.2, 0.25) is 12.6 Å². The topological polar surface area (TPSA) is 353 Å². The first-order valence-electron chi connectivity index (χ1n) is 35.3. The first-order valence-corrected chi connectivity index (χ1v) is 35.3. The van der Waals surface area contributed by atoms with Crippen molar-refractivity contribution < 1.29 is 104 Å². The van der Waals surface area contributed by atoms with Crippen molar-refractivity contribution in [2.24, 2.45) is 94.6 Å². The maximum atomic E-state index is 15.4. The van der Waals surface area contributed by atoms with Crippen LogP contribution in [0.2, 0.25) is 0 Å². The van der Waals surface area contributed by atoms with Crippen LogP contribution in [0.5, 0.6) is 0 Å². The first-order chi connectivity index (χ1) is 43.2. The molecule has 0 spiro atoms. The number of ether oxygens (including phenoxy) is 6. The van der Waals surface area contributed by atoms with Gasteiger partial charge in [0.1, 0.15) is 48.8 Å². The number of hydrogen-bond donors (Lipinski definition) is 13. The summed E-state index contributed by atoms with van der Waals surface area (Å²) in [6.07, 6.45) is -7.77. The predicted molar refractivity (Wildman–Crippen MR) is 335 cm³/mol. The van der Waals surface area contributed by atoms with E-state index in [2.05, 4.69) is 74.5 Å². The Hall–Kier alpha value is -2.26. The molecule has 13 N–H and O–H groups in total. The average molecular weight is 1320 g/mol. The first kappa shape index (κ1) is 70.6. The van der Waals surface area contributed by atoms with Gasteiger partial charge in [0.15, 0.2) is 6.29 Å². The molecule has 528 valence electrons. The van der Waals surface area contributed by atoms with Gasteiger partial charge in [-0.25, -0.2) is 0 Å². The number of esters is 2. The van der Waals surface area contributed by atoms with Crippen LogP contribution >= 0.6 is 0 Å². The van der Waals surface area contributed by atoms with Gasteiger partial charge in [-0.1, -0.05) is 106 Å². The molecule has 31 atom stereocenters. The van der Waals surface area contributed by atoms with Crippen LogP contribution in [0.25, 0.3) is 0 Å². The standard InChI is InChI=1S/C72H114O21/c1-61(2)22-27-72(59(87)93-57-52(83)50(81)48(79)41(33-74)90-57)28-24-68(10)37(46(72)54(61)85)14-16-45-64(6)31-39(77)55-66(8,43(64)18-20-70(45,68)12)35-88-60(91-55)62(3,4)21-25-71(58(86)92-56-51(82)49(80)47(78)40(32-73)89-56)26-23-67(9)36(29-71)13-15-44-63(5)30-38(76)53(84)65(7,34-75)42(63)17-19-69(44,67)11/h13-14,38-57,60,73-85H,15-35H2,1-12H3/t38-,39-,40-,41-,42-,43-,44-,45-,46-,47-,48-,49+,50+,51-,52-,53+,54+,55+,56+,57+,60?,63+,64+,65-,66-,67-,68-,69-,70-,71+,72+/m1/s1. The minimum atomic E-state index is -1.80. The van der Waals surface area contributed by atoms with Crippen molar-refractivity contribution in [1.29, 1.82) is 0 Å². The number of allylic oxidation sites excluding steroid dienone is 3. The Balaban J connectivity index is 0.792. The summed E-state index contributed by atoms with van der Waals surface area (Å²) in [6, 6.07) is 0. The van der Waals surface area contributed by atoms with E-state index in [-0.39, 0.29) is 41.1 Å². The number of hydrogen-bond acceptors (Lipinski definition) is 21. The van der Waals surface area contributed by atoms with Gasteiger partial charge >= 0.3 is 11.9 Å². The molecule has 0 radical (unpaired) electrons. The highest BCUT2D eigenvalue weighted by atomic mass is 16.7. The summed E-state index contributed by atoms with van der Waals surface area (Å²) in [5.74, 6) is -1.77. The molecule has 10 fully saturated rings. The third-order valence-electron chi connectivity index (χ3n) is 30.6. The van der Waals surface area contributed by atoms with Gasteiger partial charge < -0.3 is 94.8 Å². The van der Waals surface area contributed by atoms with Gasteiger partial charge in [-0.2, -0.15) is 0 Å². The van der Waals surface area contributed by atoms with Crippen molar-refractivity contribution in [3.05, 3.63) is 23.3 Å². The lowest BCUT2D eigenvalue weighted by molar-refractivity contribution is -0.356. The van der Waals surface area contributed by atoms with E-state index >= 15 is 4.79 Å². The summed E-state index contributed by atoms with van der Waals surface area (Å²) in [5, 5.41) is 144. The van der Waals surface area contributed by atoms with E-state index in [0.29, 0.717) is 90.1 Å². The second-order valence-electron chi connectivity index (χ2n) is 35.7. The molecule has 21 heteroatoms. The third-order valence-corrected chi connectivity index (χ3v) is 30.6. The molecule has 0 aromatic rings. The largest absolute Gasteiger partial charge is 0.432 e. The van der Waals surface area contributed by atoms with E-state index in [1.165, 1.54) is 0 Å². The van der Waals surface area contributed by atoms with Crippen LogP contribution in [0.4, 0.5) is 0 Å². The highest BCUT2D eigenvalue weighted by Gasteiger charge is 2.74. The average Bonchev–Trinajstić information content (AvgIpc) is 0.678. The van der Waals surface area contributed by atoms with Gasteiger partial charge in [-0.05, 0) is 171 Å². The van der Waals surface area contributed by atoms with Gasteiger partial charge in [-0.3, -0.25) is 9.59 Å². The van der Waals surface area contributed by atoms with Crippen LogP contribution in [0.3, 0.4) is 0 Å². The quantitative estimate of drug-likeness (QED) is 0.0992. The van der Waals surface area contributed by atoms with Crippen molar-refractivity contribution in [3.63, 3.8) is 0 Å². The van der Waals surface area contributed by atoms with Crippen molar-refractivity contribution in [2.45, 2.75) is 290 Å². The Kier molecular flexibility index (Phi) is 17.8. The zero-order valence-corrected chi connectivity index (χ0v) is 57.2. The molecule has 3 heterocycles. The lowest BCUT2D eigenvalue weighted by Gasteiger charge is -2.72. The van der Waals surface area contributed by atoms with E-state index < -0.39 is 183 Å². The van der Waals surface area contributed by atoms with Crippen LogP contribution in [0.1, 0.15) is 192 Å². The Labute approximate surface area is 549 Å². The second-order valence-corrected chi connectivity index (χ2v) is 35.7. The molecule has 0 amide bonds. The summed E-state index contributed by atoms with van der Waals surface area (Å²) in [7, 11) is 0. The molecular weight excluding hydrogens is 1200 g/mol. The maximum Gasteiger partial charge on any atom is 0.315 e. The molecule has 3 aliphatic heterocycles. The summed E-state index contributed by atoms with van der Waals surface area (Å²) in [6.45, 7) is 24.8. The SMILES string of the molecule is CC(C)(CC[C@]1(C(=O)O[C@@H]2O[C@H](CO)[C@@H](O)[C@H](O)[C@H]2O)CC[C@]2(C)C(=CC[C@@H]3[C@@]4(C)C[C@@H](O)[C@H](O)[C@](C)(CO)[C@@H]4CC[C@]32C)C1)C1OC[C@]2(C)[C@@H]3CC[C@]4(C)[C@H](CC=C5[C@@H]6[C@H](O)C(C)(C)CC[C@]6(C(=O)O[C@@H]6O[C@H](CO)[C@@H](O)[C@H](O)[C@H]6O)CC[C@]54C)[C@@]3(C)C[C@@H](O)[C@@H]2O1. The Bertz CT molecular complexity index is 2920. The fraction of sp³-hybridized carbons (Fsp3) is 0.917.